The van der Waals surface area contributed by atoms with E-state index < -0.39 is 17.7 Å². The van der Waals surface area contributed by atoms with Crippen LogP contribution in [0.3, 0.4) is 0 Å². The van der Waals surface area contributed by atoms with Crippen LogP contribution >= 0.6 is 11.8 Å². The summed E-state index contributed by atoms with van der Waals surface area (Å²) in [5.74, 6) is -0.222. The molecule has 0 aliphatic heterocycles. The van der Waals surface area contributed by atoms with E-state index in [2.05, 4.69) is 0 Å². The highest BCUT2D eigenvalue weighted by Crippen LogP contribution is 2.23. The first-order valence-electron chi connectivity index (χ1n) is 6.29. The number of ether oxygens (including phenoxy) is 1. The average molecular weight is 311 g/mol. The van der Waals surface area contributed by atoms with Crippen LogP contribution in [-0.4, -0.2) is 23.6 Å². The van der Waals surface area contributed by atoms with Crippen LogP contribution in [0.5, 0.6) is 5.75 Å². The van der Waals surface area contributed by atoms with Crippen LogP contribution in [0.2, 0.25) is 0 Å². The van der Waals surface area contributed by atoms with Gasteiger partial charge in [0.15, 0.2) is 0 Å². The Balaban J connectivity index is 1.80. The molecule has 21 heavy (non-hydrogen) atoms. The van der Waals surface area contributed by atoms with E-state index in [4.69, 9.17) is 10.5 Å². The summed E-state index contributed by atoms with van der Waals surface area (Å²) >= 11 is 1.04. The molecule has 0 amide bonds. The summed E-state index contributed by atoms with van der Waals surface area (Å²) in [4.78, 5) is 0.168. The number of anilines is 1. The highest BCUT2D eigenvalue weighted by Gasteiger charge is 2.10. The monoisotopic (exact) mass is 311 g/mol. The van der Waals surface area contributed by atoms with Gasteiger partial charge in [0.05, 0.1) is 6.10 Å². The van der Waals surface area contributed by atoms with Crippen molar-refractivity contribution in [3.05, 3.63) is 54.1 Å². The molecule has 0 radical (unpaired) electrons. The quantitative estimate of drug-likeness (QED) is 0.636. The van der Waals surface area contributed by atoms with Gasteiger partial charge >= 0.3 is 0 Å². The third-order valence-corrected chi connectivity index (χ3v) is 3.82. The molecule has 2 aromatic carbocycles. The van der Waals surface area contributed by atoms with E-state index in [1.54, 1.807) is 24.3 Å². The summed E-state index contributed by atoms with van der Waals surface area (Å²) in [5.41, 5.74) is 6.17. The lowest BCUT2D eigenvalue weighted by molar-refractivity contribution is 0.126. The fraction of sp³-hybridized carbons (Fsp3) is 0.200. The Bertz CT molecular complexity index is 593. The molecule has 0 heterocycles. The largest absolute Gasteiger partial charge is 0.491 e. The first kappa shape index (κ1) is 15.6. The summed E-state index contributed by atoms with van der Waals surface area (Å²) in [5, 5.41) is 9.80. The third kappa shape index (κ3) is 4.91. The molecule has 6 heteroatoms. The maximum absolute atomic E-state index is 13.4. The fourth-order valence-corrected chi connectivity index (χ4v) is 2.45. The third-order valence-electron chi connectivity index (χ3n) is 2.65. The lowest BCUT2D eigenvalue weighted by atomic mass is 10.3. The Kier molecular flexibility index (Phi) is 5.41. The van der Waals surface area contributed by atoms with Crippen molar-refractivity contribution in [1.29, 1.82) is 0 Å². The van der Waals surface area contributed by atoms with Crippen molar-refractivity contribution in [1.82, 2.24) is 0 Å². The molecular weight excluding hydrogens is 296 g/mol. The van der Waals surface area contributed by atoms with Gasteiger partial charge in [0, 0.05) is 16.3 Å². The van der Waals surface area contributed by atoms with Gasteiger partial charge < -0.3 is 15.6 Å². The van der Waals surface area contributed by atoms with E-state index >= 15 is 0 Å². The van der Waals surface area contributed by atoms with Gasteiger partial charge in [0.25, 0.3) is 0 Å². The van der Waals surface area contributed by atoms with Crippen molar-refractivity contribution in [3.63, 3.8) is 0 Å². The van der Waals surface area contributed by atoms with E-state index in [0.717, 1.165) is 30.0 Å². The molecule has 0 fully saturated rings. The van der Waals surface area contributed by atoms with Crippen LogP contribution in [0.15, 0.2) is 47.4 Å². The topological polar surface area (TPSA) is 55.5 Å². The maximum Gasteiger partial charge on any atom is 0.136 e. The van der Waals surface area contributed by atoms with Crippen molar-refractivity contribution in [2.45, 2.75) is 11.0 Å². The first-order valence-corrected chi connectivity index (χ1v) is 7.27. The van der Waals surface area contributed by atoms with E-state index in [0.29, 0.717) is 11.4 Å². The number of hydrogen-bond acceptors (Lipinski definition) is 4. The molecule has 112 valence electrons. The number of nitrogens with two attached hydrogens (primary N) is 1. The predicted molar refractivity (Wildman–Crippen MR) is 79.4 cm³/mol. The second-order valence-corrected chi connectivity index (χ2v) is 5.48. The molecule has 0 aromatic heterocycles. The number of thioether (sulfide) groups is 1. The number of halogens is 2. The highest BCUT2D eigenvalue weighted by molar-refractivity contribution is 7.99. The van der Waals surface area contributed by atoms with Crippen LogP contribution in [0.25, 0.3) is 0 Å². The highest BCUT2D eigenvalue weighted by atomic mass is 32.2. The summed E-state index contributed by atoms with van der Waals surface area (Å²) in [7, 11) is 0. The van der Waals surface area contributed by atoms with Crippen LogP contribution < -0.4 is 10.5 Å². The van der Waals surface area contributed by atoms with Crippen molar-refractivity contribution < 1.29 is 18.6 Å². The minimum absolute atomic E-state index is 0.0633. The Labute approximate surface area is 125 Å². The molecule has 0 spiro atoms. The van der Waals surface area contributed by atoms with Crippen LogP contribution in [0.1, 0.15) is 0 Å². The van der Waals surface area contributed by atoms with Crippen molar-refractivity contribution in [2.75, 3.05) is 18.1 Å². The Hall–Kier alpha value is -1.79. The molecule has 0 aliphatic rings. The van der Waals surface area contributed by atoms with Gasteiger partial charge in [-0.2, -0.15) is 0 Å². The van der Waals surface area contributed by atoms with Gasteiger partial charge in [-0.05, 0) is 42.5 Å². The van der Waals surface area contributed by atoms with E-state index in [1.165, 1.54) is 0 Å². The van der Waals surface area contributed by atoms with E-state index in [9.17, 15) is 13.9 Å². The molecule has 2 rings (SSSR count). The second kappa shape index (κ2) is 7.28. The summed E-state index contributed by atoms with van der Waals surface area (Å²) < 4.78 is 31.8. The van der Waals surface area contributed by atoms with Gasteiger partial charge in [-0.1, -0.05) is 0 Å². The summed E-state index contributed by atoms with van der Waals surface area (Å²) in [6, 6.07) is 10.0. The number of aliphatic hydroxyl groups excluding tert-OH is 1. The van der Waals surface area contributed by atoms with Crippen LogP contribution in [-0.2, 0) is 0 Å². The Morgan fingerprint density at radius 3 is 2.57 bits per heavy atom. The van der Waals surface area contributed by atoms with Gasteiger partial charge in [-0.15, -0.1) is 11.8 Å². The molecule has 1 atom stereocenters. The molecular formula is C15H15F2NO2S. The van der Waals surface area contributed by atoms with Crippen molar-refractivity contribution >= 4 is 17.4 Å². The Morgan fingerprint density at radius 1 is 1.14 bits per heavy atom. The zero-order valence-corrected chi connectivity index (χ0v) is 11.9. The molecule has 0 saturated carbocycles. The number of benzene rings is 2. The predicted octanol–water partition coefficient (Wildman–Crippen LogP) is 3.08. The van der Waals surface area contributed by atoms with E-state index in [1.807, 2.05) is 0 Å². The average Bonchev–Trinajstić information content (AvgIpc) is 2.47. The fourth-order valence-electron chi connectivity index (χ4n) is 1.58. The molecule has 0 bridgehead atoms. The van der Waals surface area contributed by atoms with Crippen molar-refractivity contribution in [2.24, 2.45) is 0 Å². The molecule has 3 nitrogen and oxygen atoms in total. The van der Waals surface area contributed by atoms with Gasteiger partial charge in [-0.25, -0.2) is 8.78 Å². The normalized spacial score (nSPS) is 12.1. The molecule has 1 unspecified atom stereocenters. The Morgan fingerprint density at radius 2 is 1.86 bits per heavy atom. The first-order chi connectivity index (χ1) is 10.0. The SMILES string of the molecule is Nc1ccc(OCC(O)CSc2cc(F)ccc2F)cc1. The molecule has 3 N–H and O–H groups in total. The van der Waals surface area contributed by atoms with E-state index in [-0.39, 0.29) is 17.3 Å². The number of hydrogen-bond donors (Lipinski definition) is 2. The maximum atomic E-state index is 13.4. The lowest BCUT2D eigenvalue weighted by Crippen LogP contribution is -2.20. The molecule has 0 aliphatic carbocycles. The number of nitrogen functional groups attached to an aromatic ring is 1. The molecule has 2 aromatic rings. The molecule has 0 saturated heterocycles. The standard InChI is InChI=1S/C15H15F2NO2S/c16-10-1-6-14(17)15(7-10)21-9-12(19)8-20-13-4-2-11(18)3-5-13/h1-7,12,19H,8-9,18H2. The zero-order chi connectivity index (χ0) is 15.2. The smallest absolute Gasteiger partial charge is 0.136 e. The minimum Gasteiger partial charge on any atom is -0.491 e. The number of rotatable bonds is 6. The summed E-state index contributed by atoms with van der Waals surface area (Å²) in [6.07, 6.45) is -0.796. The second-order valence-electron chi connectivity index (χ2n) is 4.42. The van der Waals surface area contributed by atoms with Crippen molar-refractivity contribution in [3.8, 4) is 5.75 Å². The lowest BCUT2D eigenvalue weighted by Gasteiger charge is -2.12. The van der Waals surface area contributed by atoms with Gasteiger partial charge in [0.2, 0.25) is 0 Å². The zero-order valence-electron chi connectivity index (χ0n) is 11.1. The van der Waals surface area contributed by atoms with Crippen LogP contribution in [0.4, 0.5) is 14.5 Å². The van der Waals surface area contributed by atoms with Gasteiger partial charge in [0.1, 0.15) is 24.0 Å². The van der Waals surface area contributed by atoms with Gasteiger partial charge in [-0.3, -0.25) is 0 Å². The van der Waals surface area contributed by atoms with Crippen LogP contribution in [0, 0.1) is 11.6 Å². The number of aliphatic hydroxyl groups is 1. The minimum atomic E-state index is -0.796. The summed E-state index contributed by atoms with van der Waals surface area (Å²) in [6.45, 7) is 0.0633.